The number of aryl methyl sites for hydroxylation is 1. The topological polar surface area (TPSA) is 191 Å². The fraction of sp³-hybridized carbons (Fsp3) is 0.611. The maximum absolute atomic E-state index is 11.2. The summed E-state index contributed by atoms with van der Waals surface area (Å²) < 4.78 is 86.3. The predicted molar refractivity (Wildman–Crippen MR) is 232 cm³/mol. The minimum Gasteiger partial charge on any atom is -0.393 e. The highest BCUT2D eigenvalue weighted by Crippen LogP contribution is 2.26. The quantitative estimate of drug-likeness (QED) is 0.101. The average molecular weight is 947 g/mol. The lowest BCUT2D eigenvalue weighted by Gasteiger charge is -2.24. The molecule has 0 radical (unpaired) electrons. The van der Waals surface area contributed by atoms with Gasteiger partial charge in [-0.1, -0.05) is 60.2 Å². The molecule has 0 aliphatic carbocycles. The van der Waals surface area contributed by atoms with Crippen molar-refractivity contribution in [2.75, 3.05) is 114 Å². The van der Waals surface area contributed by atoms with Gasteiger partial charge in [0.15, 0.2) is 0 Å². The second kappa shape index (κ2) is 31.8. The summed E-state index contributed by atoms with van der Waals surface area (Å²) in [7, 11) is 12.1. The Morgan fingerprint density at radius 2 is 0.867 bits per heavy atom. The molecule has 0 spiro atoms. The van der Waals surface area contributed by atoms with Gasteiger partial charge in [-0.15, -0.1) is 0 Å². The molecule has 1 fully saturated rings. The molecule has 0 bridgehead atoms. The number of carbonyl (C=O) groups excluding carboxylic acids is 2. The van der Waals surface area contributed by atoms with Crippen LogP contribution in [0.25, 0.3) is 0 Å². The molecule has 2 aromatic carbocycles. The highest BCUT2D eigenvalue weighted by molar-refractivity contribution is 6.75. The maximum Gasteiger partial charge on any atom is 0.678 e. The van der Waals surface area contributed by atoms with Crippen LogP contribution in [0.3, 0.4) is 0 Å². The Hall–Kier alpha value is -1.98. The Labute approximate surface area is 362 Å². The van der Waals surface area contributed by atoms with Crippen LogP contribution in [0, 0.1) is 12.8 Å². The molecule has 1 aliphatic heterocycles. The molecule has 2 aromatic rings. The van der Waals surface area contributed by atoms with Gasteiger partial charge in [0.1, 0.15) is 0 Å². The number of hydrogen-bond donors (Lipinski definition) is 0. The van der Waals surface area contributed by atoms with Crippen LogP contribution in [-0.2, 0) is 85.1 Å². The van der Waals surface area contributed by atoms with Gasteiger partial charge < -0.3 is 75.6 Å². The summed E-state index contributed by atoms with van der Waals surface area (Å²) >= 11 is 0. The molecule has 0 saturated carbocycles. The Morgan fingerprint density at radius 3 is 1.12 bits per heavy atom. The van der Waals surface area contributed by atoms with Crippen molar-refractivity contribution in [3.63, 3.8) is 0 Å². The first-order chi connectivity index (χ1) is 28.5. The summed E-state index contributed by atoms with van der Waals surface area (Å²) in [6.07, 6.45) is 0.618. The number of cyclic esters (lactones) is 2. The van der Waals surface area contributed by atoms with Crippen LogP contribution in [-0.4, -0.2) is 170 Å². The number of carbonyl (C=O) groups is 2. The molecule has 3 rings (SSSR count). The van der Waals surface area contributed by atoms with Crippen LogP contribution in [0.4, 0.5) is 0 Å². The molecule has 19 nitrogen and oxygen atoms in total. The molecule has 24 heteroatoms. The minimum atomic E-state index is -2.69. The molecular formula is C36H70O19Si5. The van der Waals surface area contributed by atoms with Gasteiger partial charge in [-0.25, -0.2) is 0 Å². The van der Waals surface area contributed by atoms with Crippen molar-refractivity contribution in [3.8, 4) is 0 Å². The second-order valence-corrected chi connectivity index (χ2v) is 26.4. The van der Waals surface area contributed by atoms with Gasteiger partial charge >= 0.3 is 56.2 Å². The third-order valence-electron chi connectivity index (χ3n) is 8.95. The smallest absolute Gasteiger partial charge is 0.393 e. The molecule has 1 aliphatic rings. The van der Waals surface area contributed by atoms with Crippen molar-refractivity contribution in [3.05, 3.63) is 60.2 Å². The lowest BCUT2D eigenvalue weighted by Crippen LogP contribution is -2.54. The van der Waals surface area contributed by atoms with E-state index in [-0.39, 0.29) is 12.3 Å². The van der Waals surface area contributed by atoms with E-state index in [9.17, 15) is 9.59 Å². The van der Waals surface area contributed by atoms with E-state index in [1.807, 2.05) is 68.1 Å². The molecule has 0 N–H and O–H groups in total. The van der Waals surface area contributed by atoms with Crippen molar-refractivity contribution in [2.24, 2.45) is 5.92 Å². The van der Waals surface area contributed by atoms with Gasteiger partial charge in [0.25, 0.3) is 0 Å². The predicted octanol–water partition coefficient (Wildman–Crippen LogP) is 2.70. The first kappa shape index (κ1) is 60.1. The van der Waals surface area contributed by atoms with Gasteiger partial charge in [0, 0.05) is 137 Å². The molecule has 1 atom stereocenters. The third kappa shape index (κ3) is 19.2. The highest BCUT2D eigenvalue weighted by Gasteiger charge is 2.43. The van der Waals surface area contributed by atoms with Crippen molar-refractivity contribution in [1.82, 2.24) is 0 Å². The summed E-state index contributed by atoms with van der Waals surface area (Å²) in [6, 6.07) is 18.2. The Kier molecular flexibility index (Phi) is 31.9. The normalized spacial score (nSPS) is 14.3. The van der Waals surface area contributed by atoms with E-state index in [0.29, 0.717) is 12.5 Å². The number of ether oxygens (including phenoxy) is 1. The maximum atomic E-state index is 11.2. The van der Waals surface area contributed by atoms with Crippen molar-refractivity contribution < 1.29 is 85.1 Å². The van der Waals surface area contributed by atoms with Crippen molar-refractivity contribution in [1.29, 1.82) is 0 Å². The summed E-state index contributed by atoms with van der Waals surface area (Å²) in [5, 5.41) is 1.96. The minimum absolute atomic E-state index is 0.139. The molecule has 1 heterocycles. The van der Waals surface area contributed by atoms with Gasteiger partial charge in [0.05, 0.1) is 12.3 Å². The van der Waals surface area contributed by atoms with Gasteiger partial charge in [-0.3, -0.25) is 9.59 Å². The van der Waals surface area contributed by atoms with Crippen molar-refractivity contribution in [2.45, 2.75) is 32.4 Å². The molecule has 60 heavy (non-hydrogen) atoms. The lowest BCUT2D eigenvalue weighted by molar-refractivity contribution is -0.153. The van der Waals surface area contributed by atoms with E-state index in [2.05, 4.69) is 4.74 Å². The van der Waals surface area contributed by atoms with Gasteiger partial charge in [-0.2, -0.15) is 0 Å². The van der Waals surface area contributed by atoms with Crippen molar-refractivity contribution >= 4 is 66.6 Å². The zero-order valence-electron chi connectivity index (χ0n) is 38.7. The molecule has 1 unspecified atom stereocenters. The highest BCUT2D eigenvalue weighted by atomic mass is 28.4. The van der Waals surface area contributed by atoms with E-state index in [0.717, 1.165) is 10.4 Å². The first-order valence-corrected chi connectivity index (χ1v) is 27.4. The van der Waals surface area contributed by atoms with E-state index in [1.165, 1.54) is 55.3 Å². The second-order valence-electron chi connectivity index (χ2n) is 11.9. The van der Waals surface area contributed by atoms with Crippen LogP contribution in [0.5, 0.6) is 0 Å². The summed E-state index contributed by atoms with van der Waals surface area (Å²) in [4.78, 5) is 22.1. The Balaban J connectivity index is 0. The van der Waals surface area contributed by atoms with Crippen LogP contribution in [0.1, 0.15) is 18.4 Å². The molecule has 1 saturated heterocycles. The molecule has 0 aromatic heterocycles. The Bertz CT molecular complexity index is 1340. The molecule has 0 amide bonds. The largest absolute Gasteiger partial charge is 0.678 e. The number of esters is 2. The lowest BCUT2D eigenvalue weighted by atomic mass is 10.1. The van der Waals surface area contributed by atoms with E-state index in [4.69, 9.17) is 70.8 Å². The van der Waals surface area contributed by atoms with Gasteiger partial charge in [-0.05, 0) is 13.3 Å². The molecule has 348 valence electrons. The monoisotopic (exact) mass is 946 g/mol. The van der Waals surface area contributed by atoms with E-state index in [1.54, 1.807) is 64.0 Å². The molecular weight excluding hydrogens is 877 g/mol. The first-order valence-electron chi connectivity index (χ1n) is 18.2. The van der Waals surface area contributed by atoms with Crippen LogP contribution < -0.4 is 10.4 Å². The number of rotatable bonds is 21. The summed E-state index contributed by atoms with van der Waals surface area (Å²) in [5.74, 6) is -1.31. The summed E-state index contributed by atoms with van der Waals surface area (Å²) in [5.41, 5.74) is 1.21. The van der Waals surface area contributed by atoms with Crippen LogP contribution in [0.2, 0.25) is 12.6 Å². The zero-order chi connectivity index (χ0) is 46.5. The van der Waals surface area contributed by atoms with E-state index >= 15 is 0 Å². The number of hydrogen-bond acceptors (Lipinski definition) is 19. The average Bonchev–Trinajstić information content (AvgIpc) is 3.64. The fourth-order valence-corrected chi connectivity index (χ4v) is 11.9. The summed E-state index contributed by atoms with van der Waals surface area (Å²) in [6.45, 7) is 3.87. The van der Waals surface area contributed by atoms with Gasteiger partial charge in [0.2, 0.25) is 0 Å². The zero-order valence-corrected chi connectivity index (χ0v) is 43.7. The van der Waals surface area contributed by atoms with Crippen LogP contribution in [0.15, 0.2) is 54.6 Å². The fourth-order valence-electron chi connectivity index (χ4n) is 5.01. The number of benzene rings is 2. The SMILES string of the molecule is CO[Si](C)(OC)OC.CO[Si](CCC1CC(=O)OC1=O)(OC)OC.CO[Si](OC)(OC)OC.CO[Si](OC)(OC)c1ccc(C)cc1.CO[Si](OC)(OC)c1ccccc1. The standard InChI is InChI=1S/C10H16O3Si.C9H16O6Si.C9H14O3Si.C4H12O4Si.C4H12O3Si/c1-9-5-7-10(8-6-9)14(11-2,12-3)13-4;1-12-16(13-2,14-3)5-4-7-6-8(10)15-9(7)11;1-10-13(11-2,12-3)9-7-5-4-6-8-9;1-5-9(6-2,7-3)8-4;1-5-8(4,6-2)7-3/h5-8H,1-4H3;7H,4-6H2,1-3H3;4-8H,1-3H3;1-4H3;1-4H3. The van der Waals surface area contributed by atoms with Crippen LogP contribution >= 0.6 is 0 Å². The third-order valence-corrected chi connectivity index (χ3v) is 21.2. The Morgan fingerprint density at radius 1 is 0.500 bits per heavy atom. The van der Waals surface area contributed by atoms with E-state index < -0.39 is 56.2 Å².